The Kier molecular flexibility index (Phi) is 5.44. The number of anilines is 3. The van der Waals surface area contributed by atoms with E-state index in [1.54, 1.807) is 31.4 Å². The summed E-state index contributed by atoms with van der Waals surface area (Å²) in [7, 11) is 1.55. The zero-order valence-electron chi connectivity index (χ0n) is 14.6. The van der Waals surface area contributed by atoms with Gasteiger partial charge in [-0.25, -0.2) is 9.97 Å². The van der Waals surface area contributed by atoms with Crippen LogP contribution in [0.3, 0.4) is 0 Å². The van der Waals surface area contributed by atoms with Gasteiger partial charge in [0.2, 0.25) is 0 Å². The molecule has 3 aromatic rings. The molecule has 2 N–H and O–H groups in total. The number of aromatic nitrogens is 2. The summed E-state index contributed by atoms with van der Waals surface area (Å²) in [6, 6.07) is 11.5. The fourth-order valence-electron chi connectivity index (χ4n) is 2.33. The van der Waals surface area contributed by atoms with Crippen LogP contribution in [0.4, 0.5) is 30.4 Å². The molecular formula is C19H15F3N4O2. The van der Waals surface area contributed by atoms with Crippen LogP contribution in [-0.4, -0.2) is 23.0 Å². The number of benzene rings is 2. The maximum atomic E-state index is 12.7. The first kappa shape index (κ1) is 19.2. The highest BCUT2D eigenvalue weighted by Crippen LogP contribution is 2.30. The monoisotopic (exact) mass is 388 g/mol. The van der Waals surface area contributed by atoms with Gasteiger partial charge in [-0.1, -0.05) is 12.1 Å². The molecule has 28 heavy (non-hydrogen) atoms. The summed E-state index contributed by atoms with van der Waals surface area (Å²) < 4.78 is 43.4. The van der Waals surface area contributed by atoms with Crippen molar-refractivity contribution in [1.29, 1.82) is 0 Å². The Morgan fingerprint density at radius 3 is 2.43 bits per heavy atom. The van der Waals surface area contributed by atoms with Crippen molar-refractivity contribution in [2.45, 2.75) is 6.18 Å². The molecule has 1 amide bonds. The molecule has 0 bridgehead atoms. The van der Waals surface area contributed by atoms with Crippen LogP contribution in [0.1, 0.15) is 16.1 Å². The van der Waals surface area contributed by atoms with Gasteiger partial charge in [0.1, 0.15) is 17.3 Å². The summed E-state index contributed by atoms with van der Waals surface area (Å²) >= 11 is 0. The normalized spacial score (nSPS) is 11.0. The minimum absolute atomic E-state index is 0.0141. The molecule has 0 aliphatic carbocycles. The average Bonchev–Trinajstić information content (AvgIpc) is 2.68. The van der Waals surface area contributed by atoms with E-state index in [4.69, 9.17) is 4.74 Å². The molecule has 1 aromatic heterocycles. The zero-order chi connectivity index (χ0) is 20.1. The van der Waals surface area contributed by atoms with Gasteiger partial charge < -0.3 is 15.4 Å². The summed E-state index contributed by atoms with van der Waals surface area (Å²) in [6.07, 6.45) is -1.92. The maximum absolute atomic E-state index is 12.7. The van der Waals surface area contributed by atoms with Gasteiger partial charge in [-0.05, 0) is 30.3 Å². The lowest BCUT2D eigenvalue weighted by Gasteiger charge is -2.10. The third-order valence-corrected chi connectivity index (χ3v) is 3.67. The molecule has 0 aliphatic rings. The Bertz CT molecular complexity index is 975. The molecule has 3 rings (SSSR count). The zero-order valence-corrected chi connectivity index (χ0v) is 14.6. The van der Waals surface area contributed by atoms with Crippen molar-refractivity contribution in [1.82, 2.24) is 9.97 Å². The van der Waals surface area contributed by atoms with Crippen LogP contribution in [0.15, 0.2) is 60.9 Å². The molecule has 144 valence electrons. The lowest BCUT2D eigenvalue weighted by Crippen LogP contribution is -2.15. The number of nitrogens with zero attached hydrogens (tertiary/aromatic N) is 2. The summed E-state index contributed by atoms with van der Waals surface area (Å²) in [4.78, 5) is 20.3. The number of ether oxygens (including phenoxy) is 1. The SMILES string of the molecule is COc1cccc(Nc2cnc(C(=O)Nc3cccc(C(F)(F)F)c3)cn2)c1. The third kappa shape index (κ3) is 4.76. The number of halogens is 3. The van der Waals surface area contributed by atoms with Gasteiger partial charge in [0.25, 0.3) is 5.91 Å². The smallest absolute Gasteiger partial charge is 0.416 e. The minimum Gasteiger partial charge on any atom is -0.497 e. The lowest BCUT2D eigenvalue weighted by molar-refractivity contribution is -0.137. The standard InChI is InChI=1S/C19H15F3N4O2/c1-28-15-7-3-6-14(9-15)25-17-11-23-16(10-24-17)18(27)26-13-5-2-4-12(8-13)19(20,21)22/h2-11H,1H3,(H,24,25)(H,26,27). The van der Waals surface area contributed by atoms with Crippen molar-refractivity contribution in [2.75, 3.05) is 17.7 Å². The molecule has 2 aromatic carbocycles. The molecule has 0 atom stereocenters. The molecule has 0 radical (unpaired) electrons. The van der Waals surface area contributed by atoms with Crippen molar-refractivity contribution < 1.29 is 22.7 Å². The van der Waals surface area contributed by atoms with Crippen LogP contribution in [0.25, 0.3) is 0 Å². The number of alkyl halides is 3. The van der Waals surface area contributed by atoms with Crippen molar-refractivity contribution >= 4 is 23.1 Å². The number of amides is 1. The van der Waals surface area contributed by atoms with Gasteiger partial charge in [0.15, 0.2) is 0 Å². The molecule has 0 saturated heterocycles. The number of carbonyl (C=O) groups is 1. The Labute approximate surface area is 158 Å². The van der Waals surface area contributed by atoms with Crippen LogP contribution in [0.2, 0.25) is 0 Å². The van der Waals surface area contributed by atoms with E-state index in [2.05, 4.69) is 20.6 Å². The maximum Gasteiger partial charge on any atom is 0.416 e. The van der Waals surface area contributed by atoms with Gasteiger partial charge in [0.05, 0.1) is 25.1 Å². The fourth-order valence-corrected chi connectivity index (χ4v) is 2.33. The topological polar surface area (TPSA) is 76.1 Å². The molecule has 6 nitrogen and oxygen atoms in total. The van der Waals surface area contributed by atoms with E-state index in [1.807, 2.05) is 0 Å². The second-order valence-electron chi connectivity index (χ2n) is 5.68. The first-order chi connectivity index (χ1) is 13.3. The first-order valence-electron chi connectivity index (χ1n) is 8.07. The quantitative estimate of drug-likeness (QED) is 0.673. The summed E-state index contributed by atoms with van der Waals surface area (Å²) in [5, 5.41) is 5.38. The molecular weight excluding hydrogens is 373 g/mol. The van der Waals surface area contributed by atoms with E-state index >= 15 is 0 Å². The summed E-state index contributed by atoms with van der Waals surface area (Å²) in [6.45, 7) is 0. The second-order valence-corrected chi connectivity index (χ2v) is 5.68. The lowest BCUT2D eigenvalue weighted by atomic mass is 10.2. The third-order valence-electron chi connectivity index (χ3n) is 3.67. The van der Waals surface area contributed by atoms with E-state index in [0.29, 0.717) is 11.6 Å². The average molecular weight is 388 g/mol. The highest BCUT2D eigenvalue weighted by atomic mass is 19.4. The van der Waals surface area contributed by atoms with Crippen molar-refractivity contribution in [3.63, 3.8) is 0 Å². The highest BCUT2D eigenvalue weighted by Gasteiger charge is 2.30. The second kappa shape index (κ2) is 7.95. The largest absolute Gasteiger partial charge is 0.497 e. The molecule has 0 unspecified atom stereocenters. The number of nitrogens with one attached hydrogen (secondary N) is 2. The van der Waals surface area contributed by atoms with Crippen molar-refractivity contribution in [3.8, 4) is 5.75 Å². The Hall–Kier alpha value is -3.62. The van der Waals surface area contributed by atoms with Crippen LogP contribution in [0.5, 0.6) is 5.75 Å². The van der Waals surface area contributed by atoms with E-state index in [9.17, 15) is 18.0 Å². The van der Waals surface area contributed by atoms with Gasteiger partial charge in [0, 0.05) is 17.4 Å². The predicted octanol–water partition coefficient (Wildman–Crippen LogP) is 4.50. The number of rotatable bonds is 5. The summed E-state index contributed by atoms with van der Waals surface area (Å²) in [5.74, 6) is 0.388. The summed E-state index contributed by atoms with van der Waals surface area (Å²) in [5.41, 5.74) is -0.155. The highest BCUT2D eigenvalue weighted by molar-refractivity contribution is 6.02. The molecule has 9 heteroatoms. The van der Waals surface area contributed by atoms with E-state index in [-0.39, 0.29) is 11.4 Å². The van der Waals surface area contributed by atoms with Crippen LogP contribution >= 0.6 is 0 Å². The van der Waals surface area contributed by atoms with E-state index in [1.165, 1.54) is 24.5 Å². The molecule has 0 aliphatic heterocycles. The van der Waals surface area contributed by atoms with E-state index < -0.39 is 17.6 Å². The minimum atomic E-state index is -4.49. The Morgan fingerprint density at radius 1 is 1.00 bits per heavy atom. The van der Waals surface area contributed by atoms with Crippen LogP contribution < -0.4 is 15.4 Å². The van der Waals surface area contributed by atoms with Gasteiger partial charge in [-0.3, -0.25) is 4.79 Å². The van der Waals surface area contributed by atoms with Gasteiger partial charge >= 0.3 is 6.18 Å². The first-order valence-corrected chi connectivity index (χ1v) is 8.07. The van der Waals surface area contributed by atoms with Crippen LogP contribution in [-0.2, 0) is 6.18 Å². The molecule has 1 heterocycles. The fraction of sp³-hybridized carbons (Fsp3) is 0.105. The van der Waals surface area contributed by atoms with Gasteiger partial charge in [-0.15, -0.1) is 0 Å². The van der Waals surface area contributed by atoms with Crippen molar-refractivity contribution in [2.24, 2.45) is 0 Å². The Balaban J connectivity index is 1.68. The number of hydrogen-bond acceptors (Lipinski definition) is 5. The molecule has 0 saturated carbocycles. The number of hydrogen-bond donors (Lipinski definition) is 2. The molecule has 0 spiro atoms. The predicted molar refractivity (Wildman–Crippen MR) is 97.7 cm³/mol. The van der Waals surface area contributed by atoms with Gasteiger partial charge in [-0.2, -0.15) is 13.2 Å². The number of carbonyl (C=O) groups excluding carboxylic acids is 1. The van der Waals surface area contributed by atoms with Crippen LogP contribution in [0, 0.1) is 0 Å². The number of methoxy groups -OCH3 is 1. The Morgan fingerprint density at radius 2 is 1.75 bits per heavy atom. The van der Waals surface area contributed by atoms with E-state index in [0.717, 1.165) is 17.8 Å². The van der Waals surface area contributed by atoms with Crippen molar-refractivity contribution in [3.05, 3.63) is 72.2 Å². The molecule has 0 fully saturated rings.